The van der Waals surface area contributed by atoms with Gasteiger partial charge in [0.05, 0.1) is 12.1 Å². The quantitative estimate of drug-likeness (QED) is 0.707. The molecule has 0 unspecified atom stereocenters. The second kappa shape index (κ2) is 7.30. The maximum atomic E-state index is 13.5. The van der Waals surface area contributed by atoms with Crippen molar-refractivity contribution >= 4 is 28.5 Å². The van der Waals surface area contributed by atoms with Gasteiger partial charge in [-0.2, -0.15) is 0 Å². The zero-order chi connectivity index (χ0) is 18.7. The topological polar surface area (TPSA) is 81.4 Å². The van der Waals surface area contributed by atoms with Gasteiger partial charge in [0, 0.05) is 11.5 Å². The second-order valence-electron chi connectivity index (χ2n) is 5.55. The summed E-state index contributed by atoms with van der Waals surface area (Å²) < 4.78 is 36.8. The Balaban J connectivity index is 1.61. The highest BCUT2D eigenvalue weighted by Crippen LogP contribution is 2.19. The van der Waals surface area contributed by atoms with Crippen LogP contribution in [-0.2, 0) is 20.7 Å². The number of nitrogens with one attached hydrogen (secondary N) is 1. The predicted molar refractivity (Wildman–Crippen MR) is 88.3 cm³/mol. The van der Waals surface area contributed by atoms with Gasteiger partial charge in [-0.15, -0.1) is 0 Å². The minimum Gasteiger partial charge on any atom is -0.452 e. The average Bonchev–Trinajstić information content (AvgIpc) is 3.01. The fraction of sp³-hybridized carbons (Fsp3) is 0.167. The third kappa shape index (κ3) is 3.85. The van der Waals surface area contributed by atoms with Crippen LogP contribution < -0.4 is 5.32 Å². The molecule has 0 aliphatic heterocycles. The van der Waals surface area contributed by atoms with E-state index in [-0.39, 0.29) is 12.1 Å². The second-order valence-corrected chi connectivity index (χ2v) is 5.55. The van der Waals surface area contributed by atoms with Crippen molar-refractivity contribution in [1.82, 2.24) is 5.16 Å². The number of esters is 1. The van der Waals surface area contributed by atoms with Crippen molar-refractivity contribution in [2.75, 3.05) is 5.32 Å². The number of anilines is 1. The Morgan fingerprint density at radius 2 is 2.00 bits per heavy atom. The third-order valence-electron chi connectivity index (χ3n) is 3.63. The first-order valence-electron chi connectivity index (χ1n) is 7.72. The van der Waals surface area contributed by atoms with Gasteiger partial charge in [0.1, 0.15) is 17.3 Å². The van der Waals surface area contributed by atoms with Crippen molar-refractivity contribution in [2.45, 2.75) is 19.4 Å². The lowest BCUT2D eigenvalue weighted by Crippen LogP contribution is -2.30. The largest absolute Gasteiger partial charge is 0.452 e. The van der Waals surface area contributed by atoms with Crippen molar-refractivity contribution in [1.29, 1.82) is 0 Å². The monoisotopic (exact) mass is 360 g/mol. The number of para-hydroxylation sites is 1. The lowest BCUT2D eigenvalue weighted by Gasteiger charge is -2.13. The first-order chi connectivity index (χ1) is 12.4. The van der Waals surface area contributed by atoms with E-state index in [0.717, 1.165) is 18.2 Å². The maximum absolute atomic E-state index is 13.5. The van der Waals surface area contributed by atoms with Crippen LogP contribution >= 0.6 is 0 Å². The van der Waals surface area contributed by atoms with Gasteiger partial charge < -0.3 is 14.6 Å². The summed E-state index contributed by atoms with van der Waals surface area (Å²) in [7, 11) is 0. The molecule has 1 heterocycles. The number of benzene rings is 2. The molecule has 8 heteroatoms. The van der Waals surface area contributed by atoms with E-state index in [1.807, 2.05) is 0 Å². The van der Waals surface area contributed by atoms with Gasteiger partial charge in [0.2, 0.25) is 0 Å². The molecule has 6 nitrogen and oxygen atoms in total. The zero-order valence-electron chi connectivity index (χ0n) is 13.7. The van der Waals surface area contributed by atoms with E-state index >= 15 is 0 Å². The minimum absolute atomic E-state index is 0.192. The van der Waals surface area contributed by atoms with E-state index in [2.05, 4.69) is 10.5 Å². The van der Waals surface area contributed by atoms with E-state index in [1.54, 1.807) is 24.3 Å². The molecule has 0 saturated carbocycles. The van der Waals surface area contributed by atoms with Crippen LogP contribution in [0.3, 0.4) is 0 Å². The average molecular weight is 360 g/mol. The Kier molecular flexibility index (Phi) is 4.92. The van der Waals surface area contributed by atoms with Crippen LogP contribution in [0.25, 0.3) is 11.0 Å². The molecule has 3 rings (SSSR count). The van der Waals surface area contributed by atoms with Crippen molar-refractivity contribution in [2.24, 2.45) is 0 Å². The standard InChI is InChI=1S/C18H14F2N2O4/c1-10(18(24)21-15-8-11(19)6-7-13(15)20)25-17(23)9-14-12-4-2-3-5-16(12)26-22-14/h2-8,10H,9H2,1H3,(H,21,24)/t10-/m0/s1. The number of fused-ring (bicyclic) bond motifs is 1. The molecular weight excluding hydrogens is 346 g/mol. The molecule has 0 aliphatic rings. The smallest absolute Gasteiger partial charge is 0.312 e. The van der Waals surface area contributed by atoms with Crippen molar-refractivity contribution in [3.8, 4) is 0 Å². The number of hydrogen-bond acceptors (Lipinski definition) is 5. The Hall–Kier alpha value is -3.29. The summed E-state index contributed by atoms with van der Waals surface area (Å²) in [6, 6.07) is 9.65. The van der Waals surface area contributed by atoms with Crippen LogP contribution in [0.5, 0.6) is 0 Å². The Morgan fingerprint density at radius 1 is 1.23 bits per heavy atom. The highest BCUT2D eigenvalue weighted by Gasteiger charge is 2.21. The molecule has 3 aromatic rings. The molecule has 0 aliphatic carbocycles. The predicted octanol–water partition coefficient (Wildman–Crippen LogP) is 3.22. The zero-order valence-corrected chi connectivity index (χ0v) is 13.7. The summed E-state index contributed by atoms with van der Waals surface area (Å²) in [5.74, 6) is -2.99. The highest BCUT2D eigenvalue weighted by molar-refractivity contribution is 5.95. The Labute approximate surface area is 146 Å². The SMILES string of the molecule is C[C@H](OC(=O)Cc1noc2ccccc12)C(=O)Nc1cc(F)ccc1F. The van der Waals surface area contributed by atoms with Gasteiger partial charge in [0.25, 0.3) is 5.91 Å². The molecule has 0 bridgehead atoms. The number of halogens is 2. The minimum atomic E-state index is -1.21. The Bertz CT molecular complexity index is 971. The third-order valence-corrected chi connectivity index (χ3v) is 3.63. The molecule has 1 N–H and O–H groups in total. The van der Waals surface area contributed by atoms with Crippen LogP contribution in [0.15, 0.2) is 47.0 Å². The van der Waals surface area contributed by atoms with E-state index in [9.17, 15) is 18.4 Å². The van der Waals surface area contributed by atoms with Gasteiger partial charge in [-0.1, -0.05) is 17.3 Å². The van der Waals surface area contributed by atoms with Crippen LogP contribution in [0.4, 0.5) is 14.5 Å². The molecule has 1 atom stereocenters. The molecule has 0 fully saturated rings. The fourth-order valence-electron chi connectivity index (χ4n) is 2.32. The summed E-state index contributed by atoms with van der Waals surface area (Å²) in [6.07, 6.45) is -1.40. The van der Waals surface area contributed by atoms with Crippen LogP contribution in [-0.4, -0.2) is 23.1 Å². The number of hydrogen-bond donors (Lipinski definition) is 1. The molecule has 0 radical (unpaired) electrons. The summed E-state index contributed by atoms with van der Waals surface area (Å²) in [5, 5.41) is 6.66. The normalized spacial score (nSPS) is 12.0. The van der Waals surface area contributed by atoms with Gasteiger partial charge in [-0.3, -0.25) is 9.59 Å². The number of rotatable bonds is 5. The first-order valence-corrected chi connectivity index (χ1v) is 7.72. The maximum Gasteiger partial charge on any atom is 0.312 e. The number of amides is 1. The molecule has 134 valence electrons. The molecule has 1 aromatic heterocycles. The molecular formula is C18H14F2N2O4. The number of carbonyl (C=O) groups is 2. The number of aromatic nitrogens is 1. The van der Waals surface area contributed by atoms with Gasteiger partial charge in [0.15, 0.2) is 11.7 Å². The van der Waals surface area contributed by atoms with Crippen molar-refractivity contribution in [3.05, 3.63) is 59.8 Å². The van der Waals surface area contributed by atoms with Crippen molar-refractivity contribution < 1.29 is 27.6 Å². The number of nitrogens with zero attached hydrogens (tertiary/aromatic N) is 1. The fourth-order valence-corrected chi connectivity index (χ4v) is 2.32. The highest BCUT2D eigenvalue weighted by atomic mass is 19.1. The molecule has 0 spiro atoms. The number of carbonyl (C=O) groups excluding carboxylic acids is 2. The van der Waals surface area contributed by atoms with Crippen LogP contribution in [0.1, 0.15) is 12.6 Å². The summed E-state index contributed by atoms with van der Waals surface area (Å²) in [4.78, 5) is 24.0. The van der Waals surface area contributed by atoms with E-state index < -0.39 is 29.6 Å². The van der Waals surface area contributed by atoms with Crippen molar-refractivity contribution in [3.63, 3.8) is 0 Å². The van der Waals surface area contributed by atoms with Crippen LogP contribution in [0.2, 0.25) is 0 Å². The Morgan fingerprint density at radius 3 is 2.81 bits per heavy atom. The molecule has 2 aromatic carbocycles. The summed E-state index contributed by atoms with van der Waals surface area (Å²) >= 11 is 0. The van der Waals surface area contributed by atoms with Gasteiger partial charge in [-0.25, -0.2) is 8.78 Å². The van der Waals surface area contributed by atoms with Crippen LogP contribution in [0, 0.1) is 11.6 Å². The lowest BCUT2D eigenvalue weighted by atomic mass is 10.2. The van der Waals surface area contributed by atoms with E-state index in [0.29, 0.717) is 16.7 Å². The van der Waals surface area contributed by atoms with E-state index in [4.69, 9.17) is 9.26 Å². The molecule has 26 heavy (non-hydrogen) atoms. The molecule has 1 amide bonds. The summed E-state index contributed by atoms with van der Waals surface area (Å²) in [6.45, 7) is 1.32. The van der Waals surface area contributed by atoms with E-state index in [1.165, 1.54) is 6.92 Å². The first kappa shape index (κ1) is 17.5. The van der Waals surface area contributed by atoms with Gasteiger partial charge >= 0.3 is 5.97 Å². The molecule has 0 saturated heterocycles. The summed E-state index contributed by atoms with van der Waals surface area (Å²) in [5.41, 5.74) is 0.581. The van der Waals surface area contributed by atoms with Gasteiger partial charge in [-0.05, 0) is 31.2 Å². The lowest BCUT2D eigenvalue weighted by molar-refractivity contribution is -0.152. The number of ether oxygens (including phenoxy) is 1.